The van der Waals surface area contributed by atoms with E-state index in [1.54, 1.807) is 14.1 Å². The predicted octanol–water partition coefficient (Wildman–Crippen LogP) is 3.06. The fourth-order valence-electron chi connectivity index (χ4n) is 1.54. The molecule has 1 aromatic heterocycles. The van der Waals surface area contributed by atoms with E-state index in [0.29, 0.717) is 5.56 Å². The molecule has 0 N–H and O–H groups in total. The maximum Gasteiger partial charge on any atom is 0.416 e. The van der Waals surface area contributed by atoms with Crippen LogP contribution in [0.2, 0.25) is 0 Å². The van der Waals surface area contributed by atoms with E-state index in [2.05, 4.69) is 4.98 Å². The molecule has 2 aromatic rings. The number of aromatic nitrogens is 1. The van der Waals surface area contributed by atoms with Crippen molar-refractivity contribution in [2.75, 3.05) is 14.1 Å². The number of hydrogen-bond acceptors (Lipinski definition) is 3. The van der Waals surface area contributed by atoms with E-state index in [1.807, 2.05) is 0 Å². The molecule has 0 radical (unpaired) electrons. The molecule has 0 atom stereocenters. The van der Waals surface area contributed by atoms with Gasteiger partial charge in [0.1, 0.15) is 6.26 Å². The first-order chi connectivity index (χ1) is 9.29. The molecule has 7 heteroatoms. The van der Waals surface area contributed by atoms with Gasteiger partial charge in [-0.1, -0.05) is 0 Å². The zero-order chi connectivity index (χ0) is 14.9. The second-order valence-corrected chi connectivity index (χ2v) is 4.31. The number of alkyl halides is 3. The number of amides is 1. The molecule has 106 valence electrons. The van der Waals surface area contributed by atoms with Gasteiger partial charge in [0.05, 0.1) is 5.56 Å². The number of nitrogens with zero attached hydrogens (tertiary/aromatic N) is 2. The highest BCUT2D eigenvalue weighted by atomic mass is 19.4. The zero-order valence-corrected chi connectivity index (χ0v) is 10.7. The molecule has 0 aliphatic rings. The van der Waals surface area contributed by atoms with Crippen molar-refractivity contribution in [1.82, 2.24) is 9.88 Å². The van der Waals surface area contributed by atoms with Gasteiger partial charge in [-0.15, -0.1) is 0 Å². The monoisotopic (exact) mass is 284 g/mol. The van der Waals surface area contributed by atoms with Crippen molar-refractivity contribution in [2.45, 2.75) is 6.18 Å². The van der Waals surface area contributed by atoms with E-state index < -0.39 is 11.7 Å². The van der Waals surface area contributed by atoms with Crippen molar-refractivity contribution < 1.29 is 22.4 Å². The minimum absolute atomic E-state index is 0.101. The molecule has 0 aliphatic carbocycles. The summed E-state index contributed by atoms with van der Waals surface area (Å²) in [7, 11) is 3.13. The van der Waals surface area contributed by atoms with Crippen LogP contribution < -0.4 is 0 Å². The van der Waals surface area contributed by atoms with Crippen molar-refractivity contribution in [1.29, 1.82) is 0 Å². The molecule has 1 heterocycles. The molecule has 2 rings (SSSR count). The average molecular weight is 284 g/mol. The lowest BCUT2D eigenvalue weighted by molar-refractivity contribution is -0.137. The highest BCUT2D eigenvalue weighted by Crippen LogP contribution is 2.30. The van der Waals surface area contributed by atoms with Crippen LogP contribution in [0.1, 0.15) is 16.1 Å². The van der Waals surface area contributed by atoms with Crippen molar-refractivity contribution >= 4 is 5.91 Å². The van der Waals surface area contributed by atoms with Crippen LogP contribution in [-0.2, 0) is 6.18 Å². The second-order valence-electron chi connectivity index (χ2n) is 4.31. The summed E-state index contributed by atoms with van der Waals surface area (Å²) in [4.78, 5) is 16.9. The largest absolute Gasteiger partial charge is 0.444 e. The predicted molar refractivity (Wildman–Crippen MR) is 65.0 cm³/mol. The van der Waals surface area contributed by atoms with Gasteiger partial charge in [-0.05, 0) is 24.3 Å². The molecule has 4 nitrogen and oxygen atoms in total. The molecule has 20 heavy (non-hydrogen) atoms. The Hall–Kier alpha value is -2.31. The second kappa shape index (κ2) is 4.99. The van der Waals surface area contributed by atoms with E-state index in [4.69, 9.17) is 4.42 Å². The molecule has 0 saturated heterocycles. The lowest BCUT2D eigenvalue weighted by Gasteiger charge is -2.06. The summed E-state index contributed by atoms with van der Waals surface area (Å²) in [5.41, 5.74) is -0.280. The first kappa shape index (κ1) is 14.1. The third kappa shape index (κ3) is 2.81. The quantitative estimate of drug-likeness (QED) is 0.851. The summed E-state index contributed by atoms with van der Waals surface area (Å²) in [5, 5.41) is 0. The van der Waals surface area contributed by atoms with Gasteiger partial charge in [-0.25, -0.2) is 4.98 Å². The SMILES string of the molecule is CN(C)C(=O)c1coc(-c2ccc(C(F)(F)F)cc2)n1. The lowest BCUT2D eigenvalue weighted by atomic mass is 10.1. The third-order valence-electron chi connectivity index (χ3n) is 2.59. The van der Waals surface area contributed by atoms with E-state index in [9.17, 15) is 18.0 Å². The standard InChI is InChI=1S/C13H11F3N2O2/c1-18(2)12(19)10-7-20-11(17-10)8-3-5-9(6-4-8)13(14,15)16/h3-7H,1-2H3. The zero-order valence-electron chi connectivity index (χ0n) is 10.7. The van der Waals surface area contributed by atoms with Gasteiger partial charge >= 0.3 is 6.18 Å². The Morgan fingerprint density at radius 1 is 1.20 bits per heavy atom. The number of rotatable bonds is 2. The number of halogens is 3. The topological polar surface area (TPSA) is 46.3 Å². The van der Waals surface area contributed by atoms with Crippen molar-refractivity contribution in [3.63, 3.8) is 0 Å². The van der Waals surface area contributed by atoms with Crippen LogP contribution in [0, 0.1) is 0 Å². The van der Waals surface area contributed by atoms with Crippen LogP contribution in [0.5, 0.6) is 0 Å². The number of benzene rings is 1. The molecule has 0 fully saturated rings. The Morgan fingerprint density at radius 2 is 1.80 bits per heavy atom. The van der Waals surface area contributed by atoms with Gasteiger partial charge in [-0.2, -0.15) is 13.2 Å². The van der Waals surface area contributed by atoms with E-state index in [1.165, 1.54) is 23.3 Å². The van der Waals surface area contributed by atoms with E-state index in [0.717, 1.165) is 12.1 Å². The molecular weight excluding hydrogens is 273 g/mol. The molecule has 0 bridgehead atoms. The fourth-order valence-corrected chi connectivity index (χ4v) is 1.54. The van der Waals surface area contributed by atoms with Crippen LogP contribution >= 0.6 is 0 Å². The number of hydrogen-bond donors (Lipinski definition) is 0. The Labute approximate surface area is 112 Å². The van der Waals surface area contributed by atoms with Crippen LogP contribution in [0.25, 0.3) is 11.5 Å². The highest BCUT2D eigenvalue weighted by molar-refractivity contribution is 5.92. The summed E-state index contributed by atoms with van der Waals surface area (Å²) in [5.74, 6) is -0.240. The molecule has 0 saturated carbocycles. The molecule has 0 unspecified atom stereocenters. The van der Waals surface area contributed by atoms with Crippen LogP contribution in [0.15, 0.2) is 34.9 Å². The number of carbonyl (C=O) groups excluding carboxylic acids is 1. The smallest absolute Gasteiger partial charge is 0.416 e. The Morgan fingerprint density at radius 3 is 2.30 bits per heavy atom. The Bertz CT molecular complexity index is 615. The summed E-state index contributed by atoms with van der Waals surface area (Å²) in [6.45, 7) is 0. The van der Waals surface area contributed by atoms with Gasteiger partial charge < -0.3 is 9.32 Å². The first-order valence-corrected chi connectivity index (χ1v) is 5.64. The normalized spacial score (nSPS) is 11.4. The van der Waals surface area contributed by atoms with Crippen molar-refractivity contribution in [3.8, 4) is 11.5 Å². The number of oxazole rings is 1. The van der Waals surface area contributed by atoms with Crippen molar-refractivity contribution in [2.24, 2.45) is 0 Å². The van der Waals surface area contributed by atoms with Crippen LogP contribution in [-0.4, -0.2) is 29.9 Å². The molecule has 1 amide bonds. The maximum atomic E-state index is 12.4. The molecule has 0 aliphatic heterocycles. The summed E-state index contributed by atoms with van der Waals surface area (Å²) >= 11 is 0. The van der Waals surface area contributed by atoms with Gasteiger partial charge in [0.2, 0.25) is 5.89 Å². The van der Waals surface area contributed by atoms with Crippen LogP contribution in [0.3, 0.4) is 0 Å². The average Bonchev–Trinajstić information content (AvgIpc) is 2.86. The summed E-state index contributed by atoms with van der Waals surface area (Å²) < 4.78 is 42.4. The Balaban J connectivity index is 2.27. The van der Waals surface area contributed by atoms with Gasteiger partial charge in [0, 0.05) is 19.7 Å². The van der Waals surface area contributed by atoms with Gasteiger partial charge in [-0.3, -0.25) is 4.79 Å². The Kier molecular flexibility index (Phi) is 3.52. The molecule has 1 aromatic carbocycles. The minimum atomic E-state index is -4.39. The third-order valence-corrected chi connectivity index (χ3v) is 2.59. The van der Waals surface area contributed by atoms with Gasteiger partial charge in [0.25, 0.3) is 5.91 Å². The highest BCUT2D eigenvalue weighted by Gasteiger charge is 2.30. The number of carbonyl (C=O) groups is 1. The van der Waals surface area contributed by atoms with E-state index >= 15 is 0 Å². The maximum absolute atomic E-state index is 12.4. The fraction of sp³-hybridized carbons (Fsp3) is 0.231. The first-order valence-electron chi connectivity index (χ1n) is 5.64. The van der Waals surface area contributed by atoms with Crippen LogP contribution in [0.4, 0.5) is 13.2 Å². The lowest BCUT2D eigenvalue weighted by Crippen LogP contribution is -2.21. The summed E-state index contributed by atoms with van der Waals surface area (Å²) in [6, 6.07) is 4.37. The van der Waals surface area contributed by atoms with E-state index in [-0.39, 0.29) is 17.5 Å². The summed E-state index contributed by atoms with van der Waals surface area (Å²) in [6.07, 6.45) is -3.21. The molecule has 0 spiro atoms. The van der Waals surface area contributed by atoms with Gasteiger partial charge in [0.15, 0.2) is 5.69 Å². The minimum Gasteiger partial charge on any atom is -0.444 e. The molecular formula is C13H11F3N2O2. The van der Waals surface area contributed by atoms with Crippen molar-refractivity contribution in [3.05, 3.63) is 41.8 Å².